The van der Waals surface area contributed by atoms with Crippen molar-refractivity contribution < 1.29 is 0 Å². The number of nitrogens with zero attached hydrogens (tertiary/aromatic N) is 2. The molecular weight excluding hydrogens is 274 g/mol. The first-order chi connectivity index (χ1) is 9.26. The number of hydrogen-bond acceptors (Lipinski definition) is 5. The number of hydrogen-bond donors (Lipinski definition) is 1. The van der Waals surface area contributed by atoms with Gasteiger partial charge in [-0.2, -0.15) is 11.8 Å². The Morgan fingerprint density at radius 3 is 3.00 bits per heavy atom. The van der Waals surface area contributed by atoms with Crippen LogP contribution < -0.4 is 10.2 Å². The van der Waals surface area contributed by atoms with Crippen LogP contribution in [0.25, 0.3) is 0 Å². The van der Waals surface area contributed by atoms with Crippen LogP contribution in [0.1, 0.15) is 36.8 Å². The molecule has 0 spiro atoms. The largest absolute Gasteiger partial charge is 0.346 e. The summed E-state index contributed by atoms with van der Waals surface area (Å²) in [6.07, 6.45) is 3.97. The zero-order valence-corrected chi connectivity index (χ0v) is 13.4. The van der Waals surface area contributed by atoms with Gasteiger partial charge < -0.3 is 10.2 Å². The van der Waals surface area contributed by atoms with Crippen molar-refractivity contribution >= 4 is 28.2 Å². The van der Waals surface area contributed by atoms with Crippen LogP contribution in [0.5, 0.6) is 0 Å². The molecule has 5 heteroatoms. The van der Waals surface area contributed by atoms with E-state index in [1.165, 1.54) is 47.3 Å². The lowest BCUT2D eigenvalue weighted by Gasteiger charge is -2.31. The van der Waals surface area contributed by atoms with Gasteiger partial charge in [-0.25, -0.2) is 4.98 Å². The van der Waals surface area contributed by atoms with E-state index in [9.17, 15) is 0 Å². The molecule has 2 fully saturated rings. The van der Waals surface area contributed by atoms with Gasteiger partial charge in [0.05, 0.1) is 5.69 Å². The Kier molecular flexibility index (Phi) is 4.34. The lowest BCUT2D eigenvalue weighted by atomic mass is 10.3. The predicted molar refractivity (Wildman–Crippen MR) is 85.5 cm³/mol. The first-order valence-electron chi connectivity index (χ1n) is 7.32. The molecule has 1 atom stereocenters. The Morgan fingerprint density at radius 2 is 2.26 bits per heavy atom. The summed E-state index contributed by atoms with van der Waals surface area (Å²) in [5.41, 5.74) is 1.22. The predicted octanol–water partition coefficient (Wildman–Crippen LogP) is 3.04. The quantitative estimate of drug-likeness (QED) is 0.904. The summed E-state index contributed by atoms with van der Waals surface area (Å²) in [7, 11) is 0. The van der Waals surface area contributed by atoms with Gasteiger partial charge in [0, 0.05) is 41.6 Å². The first kappa shape index (κ1) is 13.7. The molecule has 1 unspecified atom stereocenters. The Hall–Kier alpha value is -0.260. The van der Waals surface area contributed by atoms with Crippen LogP contribution in [-0.4, -0.2) is 35.1 Å². The van der Waals surface area contributed by atoms with Crippen LogP contribution in [0.15, 0.2) is 0 Å². The molecule has 1 aromatic rings. The molecule has 1 saturated carbocycles. The van der Waals surface area contributed by atoms with E-state index in [1.807, 2.05) is 11.3 Å². The van der Waals surface area contributed by atoms with E-state index < -0.39 is 0 Å². The normalized spacial score (nSPS) is 23.9. The second-order valence-electron chi connectivity index (χ2n) is 5.51. The molecule has 2 aliphatic rings. The van der Waals surface area contributed by atoms with Crippen LogP contribution in [-0.2, 0) is 6.54 Å². The van der Waals surface area contributed by atoms with Crippen LogP contribution >= 0.6 is 23.1 Å². The highest BCUT2D eigenvalue weighted by Crippen LogP contribution is 2.31. The maximum absolute atomic E-state index is 4.80. The number of thioether (sulfide) groups is 1. The molecule has 1 aromatic heterocycles. The third kappa shape index (κ3) is 3.44. The smallest absolute Gasteiger partial charge is 0.185 e. The van der Waals surface area contributed by atoms with Crippen LogP contribution in [0, 0.1) is 6.92 Å². The SMILES string of the molecule is CCC1CN(c2nc(C)c(CNC3CC3)s2)CCS1. The van der Waals surface area contributed by atoms with E-state index in [2.05, 4.69) is 35.8 Å². The Bertz CT molecular complexity index is 428. The summed E-state index contributed by atoms with van der Waals surface area (Å²) >= 11 is 4.01. The minimum absolute atomic E-state index is 0.779. The minimum Gasteiger partial charge on any atom is -0.346 e. The van der Waals surface area contributed by atoms with Crippen molar-refractivity contribution in [2.75, 3.05) is 23.7 Å². The summed E-state index contributed by atoms with van der Waals surface area (Å²) in [5.74, 6) is 1.24. The van der Waals surface area contributed by atoms with Gasteiger partial charge in [-0.05, 0) is 26.2 Å². The number of aryl methyl sites for hydroxylation is 1. The van der Waals surface area contributed by atoms with Gasteiger partial charge in [0.2, 0.25) is 0 Å². The highest BCUT2D eigenvalue weighted by Gasteiger charge is 2.24. The lowest BCUT2D eigenvalue weighted by molar-refractivity contribution is 0.691. The molecule has 3 rings (SSSR count). The molecule has 1 N–H and O–H groups in total. The van der Waals surface area contributed by atoms with Crippen molar-refractivity contribution in [3.63, 3.8) is 0 Å². The van der Waals surface area contributed by atoms with Gasteiger partial charge in [0.25, 0.3) is 0 Å². The second-order valence-corrected chi connectivity index (χ2v) is 7.98. The number of rotatable bonds is 5. The molecule has 0 bridgehead atoms. The summed E-state index contributed by atoms with van der Waals surface area (Å²) in [5, 5.41) is 5.62. The first-order valence-corrected chi connectivity index (χ1v) is 9.19. The van der Waals surface area contributed by atoms with Gasteiger partial charge in [-0.1, -0.05) is 6.92 Å². The molecule has 2 heterocycles. The fourth-order valence-electron chi connectivity index (χ4n) is 2.38. The second kappa shape index (κ2) is 6.02. The van der Waals surface area contributed by atoms with E-state index in [4.69, 9.17) is 4.98 Å². The van der Waals surface area contributed by atoms with E-state index in [0.717, 1.165) is 24.4 Å². The van der Waals surface area contributed by atoms with Gasteiger partial charge >= 0.3 is 0 Å². The topological polar surface area (TPSA) is 28.2 Å². The zero-order valence-electron chi connectivity index (χ0n) is 11.8. The van der Waals surface area contributed by atoms with Crippen molar-refractivity contribution in [3.05, 3.63) is 10.6 Å². The Balaban J connectivity index is 1.64. The monoisotopic (exact) mass is 297 g/mol. The maximum atomic E-state index is 4.80. The van der Waals surface area contributed by atoms with E-state index >= 15 is 0 Å². The minimum atomic E-state index is 0.779. The molecule has 0 radical (unpaired) electrons. The van der Waals surface area contributed by atoms with Crippen molar-refractivity contribution in [2.45, 2.75) is 50.9 Å². The van der Waals surface area contributed by atoms with E-state index in [1.54, 1.807) is 0 Å². The molecule has 19 heavy (non-hydrogen) atoms. The highest BCUT2D eigenvalue weighted by atomic mass is 32.2. The average Bonchev–Trinajstić information content (AvgIpc) is 3.19. The van der Waals surface area contributed by atoms with Crippen molar-refractivity contribution in [1.29, 1.82) is 0 Å². The fourth-order valence-corrected chi connectivity index (χ4v) is 4.60. The van der Waals surface area contributed by atoms with Gasteiger partial charge in [-0.3, -0.25) is 0 Å². The van der Waals surface area contributed by atoms with Gasteiger partial charge in [-0.15, -0.1) is 11.3 Å². The van der Waals surface area contributed by atoms with Crippen LogP contribution in [0.3, 0.4) is 0 Å². The average molecular weight is 297 g/mol. The molecule has 3 nitrogen and oxygen atoms in total. The Morgan fingerprint density at radius 1 is 1.42 bits per heavy atom. The van der Waals surface area contributed by atoms with Crippen LogP contribution in [0.2, 0.25) is 0 Å². The molecule has 1 aliphatic heterocycles. The fraction of sp³-hybridized carbons (Fsp3) is 0.786. The van der Waals surface area contributed by atoms with Gasteiger partial charge in [0.15, 0.2) is 5.13 Å². The third-order valence-corrected chi connectivity index (χ3v) is 6.46. The summed E-state index contributed by atoms with van der Waals surface area (Å²) in [4.78, 5) is 8.71. The van der Waals surface area contributed by atoms with E-state index in [0.29, 0.717) is 0 Å². The summed E-state index contributed by atoms with van der Waals surface area (Å²) in [6.45, 7) is 7.78. The van der Waals surface area contributed by atoms with Crippen LogP contribution in [0.4, 0.5) is 5.13 Å². The third-order valence-electron chi connectivity index (χ3n) is 3.87. The summed E-state index contributed by atoms with van der Waals surface area (Å²) < 4.78 is 0. The molecule has 0 aromatic carbocycles. The zero-order chi connectivity index (χ0) is 13.2. The lowest BCUT2D eigenvalue weighted by Crippen LogP contribution is -2.37. The number of anilines is 1. The van der Waals surface area contributed by atoms with Crippen molar-refractivity contribution in [3.8, 4) is 0 Å². The summed E-state index contributed by atoms with van der Waals surface area (Å²) in [6, 6.07) is 0.779. The Labute approximate surface area is 124 Å². The molecular formula is C14H23N3S2. The molecule has 1 aliphatic carbocycles. The highest BCUT2D eigenvalue weighted by molar-refractivity contribution is 8.00. The number of aromatic nitrogens is 1. The van der Waals surface area contributed by atoms with Gasteiger partial charge in [0.1, 0.15) is 0 Å². The van der Waals surface area contributed by atoms with E-state index in [-0.39, 0.29) is 0 Å². The molecule has 106 valence electrons. The molecule has 1 saturated heterocycles. The maximum Gasteiger partial charge on any atom is 0.185 e. The van der Waals surface area contributed by atoms with Crippen molar-refractivity contribution in [2.24, 2.45) is 0 Å². The molecule has 0 amide bonds. The standard InChI is InChI=1S/C14H23N3S2/c1-3-12-9-17(6-7-18-12)14-16-10(2)13(19-14)8-15-11-4-5-11/h11-12,15H,3-9H2,1-2H3. The number of nitrogens with one attached hydrogen (secondary N) is 1. The number of thiazole rings is 1. The van der Waals surface area contributed by atoms with Crippen molar-refractivity contribution in [1.82, 2.24) is 10.3 Å².